The van der Waals surface area contributed by atoms with Crippen LogP contribution in [0.4, 0.5) is 0 Å². The smallest absolute Gasteiger partial charge is 0.240 e. The van der Waals surface area contributed by atoms with E-state index in [-0.39, 0.29) is 5.91 Å². The van der Waals surface area contributed by atoms with E-state index in [4.69, 9.17) is 4.74 Å². The van der Waals surface area contributed by atoms with Crippen molar-refractivity contribution < 1.29 is 14.3 Å². The highest BCUT2D eigenvalue weighted by molar-refractivity contribution is 6.01. The summed E-state index contributed by atoms with van der Waals surface area (Å²) < 4.78 is 5.23. The standard InChI is InChI=1S/C14H13NO3/c1-18-13-6-12-10-5-3-2-4-9(10)7-15(12)14(17)11(13)8-16/h2-6,8,11,13H,7H2,1H3/t11-,13+/m1/s1. The molecular formula is C14H13NO3. The van der Waals surface area contributed by atoms with Gasteiger partial charge in [0.15, 0.2) is 0 Å². The molecule has 0 saturated carbocycles. The summed E-state index contributed by atoms with van der Waals surface area (Å²) in [5, 5.41) is 0. The number of benzene rings is 1. The molecule has 3 rings (SSSR count). The second kappa shape index (κ2) is 4.07. The van der Waals surface area contributed by atoms with Crippen LogP contribution in [0, 0.1) is 5.92 Å². The molecule has 0 aliphatic carbocycles. The number of amides is 1. The van der Waals surface area contributed by atoms with Crippen LogP contribution >= 0.6 is 0 Å². The van der Waals surface area contributed by atoms with Crippen molar-refractivity contribution in [2.24, 2.45) is 5.92 Å². The summed E-state index contributed by atoms with van der Waals surface area (Å²) in [5.74, 6) is -0.904. The van der Waals surface area contributed by atoms with Gasteiger partial charge in [-0.15, -0.1) is 0 Å². The molecule has 0 saturated heterocycles. The van der Waals surface area contributed by atoms with Gasteiger partial charge in [-0.1, -0.05) is 24.3 Å². The number of rotatable bonds is 2. The van der Waals surface area contributed by atoms with Crippen molar-refractivity contribution in [3.05, 3.63) is 41.5 Å². The SMILES string of the molecule is CO[C@H]1C=C2c3ccccc3CN2C(=O)[C@@H]1C=O. The van der Waals surface area contributed by atoms with Crippen LogP contribution < -0.4 is 0 Å². The fourth-order valence-corrected chi connectivity index (χ4v) is 2.62. The Morgan fingerprint density at radius 3 is 2.89 bits per heavy atom. The molecule has 2 aliphatic heterocycles. The first-order valence-electron chi connectivity index (χ1n) is 5.86. The first-order chi connectivity index (χ1) is 8.76. The molecule has 92 valence electrons. The summed E-state index contributed by atoms with van der Waals surface area (Å²) in [6, 6.07) is 7.89. The number of carbonyl (C=O) groups is 2. The Morgan fingerprint density at radius 2 is 2.17 bits per heavy atom. The molecule has 0 spiro atoms. The molecule has 4 nitrogen and oxygen atoms in total. The number of fused-ring (bicyclic) bond motifs is 3. The first kappa shape index (κ1) is 11.2. The Morgan fingerprint density at radius 1 is 1.39 bits per heavy atom. The van der Waals surface area contributed by atoms with E-state index < -0.39 is 12.0 Å². The number of ether oxygens (including phenoxy) is 1. The van der Waals surface area contributed by atoms with Crippen LogP contribution in [0.15, 0.2) is 30.3 Å². The summed E-state index contributed by atoms with van der Waals surface area (Å²) in [7, 11) is 1.52. The molecular weight excluding hydrogens is 230 g/mol. The maximum atomic E-state index is 12.2. The fourth-order valence-electron chi connectivity index (χ4n) is 2.62. The predicted octanol–water partition coefficient (Wildman–Crippen LogP) is 1.21. The van der Waals surface area contributed by atoms with E-state index in [2.05, 4.69) is 0 Å². The van der Waals surface area contributed by atoms with Gasteiger partial charge in [0.1, 0.15) is 12.2 Å². The lowest BCUT2D eigenvalue weighted by atomic mass is 9.96. The first-order valence-corrected chi connectivity index (χ1v) is 5.86. The zero-order valence-corrected chi connectivity index (χ0v) is 10.00. The van der Waals surface area contributed by atoms with Crippen LogP contribution in [0.3, 0.4) is 0 Å². The van der Waals surface area contributed by atoms with E-state index >= 15 is 0 Å². The van der Waals surface area contributed by atoms with Gasteiger partial charge in [-0.25, -0.2) is 0 Å². The molecule has 0 N–H and O–H groups in total. The monoisotopic (exact) mass is 243 g/mol. The van der Waals surface area contributed by atoms with E-state index in [9.17, 15) is 9.59 Å². The van der Waals surface area contributed by atoms with Crippen molar-refractivity contribution in [3.63, 3.8) is 0 Å². The molecule has 0 fully saturated rings. The molecule has 4 heteroatoms. The Labute approximate surface area is 105 Å². The third kappa shape index (κ3) is 1.42. The quantitative estimate of drug-likeness (QED) is 0.579. The van der Waals surface area contributed by atoms with E-state index in [1.807, 2.05) is 30.3 Å². The van der Waals surface area contributed by atoms with Gasteiger partial charge in [-0.05, 0) is 11.6 Å². The third-order valence-corrected chi connectivity index (χ3v) is 3.56. The van der Waals surface area contributed by atoms with Crippen LogP contribution in [0.1, 0.15) is 11.1 Å². The lowest BCUT2D eigenvalue weighted by Crippen LogP contribution is -2.43. The minimum atomic E-state index is -0.729. The maximum Gasteiger partial charge on any atom is 0.240 e. The van der Waals surface area contributed by atoms with E-state index in [0.717, 1.165) is 16.8 Å². The molecule has 2 atom stereocenters. The summed E-state index contributed by atoms with van der Waals surface area (Å²) >= 11 is 0. The van der Waals surface area contributed by atoms with Gasteiger partial charge in [0.2, 0.25) is 5.91 Å². The topological polar surface area (TPSA) is 46.6 Å². The van der Waals surface area contributed by atoms with Crippen molar-refractivity contribution in [3.8, 4) is 0 Å². The van der Waals surface area contributed by atoms with Crippen LogP contribution in [0.25, 0.3) is 5.70 Å². The molecule has 1 aromatic carbocycles. The minimum Gasteiger partial charge on any atom is -0.376 e. The lowest BCUT2D eigenvalue weighted by molar-refractivity contribution is -0.140. The largest absolute Gasteiger partial charge is 0.376 e. The highest BCUT2D eigenvalue weighted by Crippen LogP contribution is 2.37. The molecule has 18 heavy (non-hydrogen) atoms. The predicted molar refractivity (Wildman–Crippen MR) is 65.3 cm³/mol. The van der Waals surface area contributed by atoms with Crippen molar-refractivity contribution in [2.45, 2.75) is 12.6 Å². The lowest BCUT2D eigenvalue weighted by Gasteiger charge is -2.30. The van der Waals surface area contributed by atoms with E-state index in [0.29, 0.717) is 12.8 Å². The highest BCUT2D eigenvalue weighted by Gasteiger charge is 2.40. The molecule has 0 radical (unpaired) electrons. The Hall–Kier alpha value is -1.94. The zero-order chi connectivity index (χ0) is 12.7. The number of aldehydes is 1. The Bertz CT molecular complexity index is 550. The van der Waals surface area contributed by atoms with Crippen molar-refractivity contribution in [1.82, 2.24) is 4.90 Å². The number of hydrogen-bond donors (Lipinski definition) is 0. The maximum absolute atomic E-state index is 12.2. The van der Waals surface area contributed by atoms with Gasteiger partial charge >= 0.3 is 0 Å². The van der Waals surface area contributed by atoms with Gasteiger partial charge in [0.05, 0.1) is 18.3 Å². The van der Waals surface area contributed by atoms with Crippen molar-refractivity contribution in [1.29, 1.82) is 0 Å². The van der Waals surface area contributed by atoms with E-state index in [1.165, 1.54) is 7.11 Å². The van der Waals surface area contributed by atoms with Gasteiger partial charge < -0.3 is 14.4 Å². The molecule has 0 unspecified atom stereocenters. The average Bonchev–Trinajstić information content (AvgIpc) is 2.77. The van der Waals surface area contributed by atoms with Crippen molar-refractivity contribution in [2.75, 3.05) is 7.11 Å². The van der Waals surface area contributed by atoms with Crippen LogP contribution in [0.2, 0.25) is 0 Å². The molecule has 0 aromatic heterocycles. The minimum absolute atomic E-state index is 0.175. The number of carbonyl (C=O) groups excluding carboxylic acids is 2. The summed E-state index contributed by atoms with van der Waals surface area (Å²) in [5.41, 5.74) is 3.02. The van der Waals surface area contributed by atoms with Gasteiger partial charge in [0, 0.05) is 12.7 Å². The van der Waals surface area contributed by atoms with Gasteiger partial charge in [-0.2, -0.15) is 0 Å². The molecule has 1 aromatic rings. The third-order valence-electron chi connectivity index (χ3n) is 3.56. The van der Waals surface area contributed by atoms with Crippen LogP contribution in [0.5, 0.6) is 0 Å². The summed E-state index contributed by atoms with van der Waals surface area (Å²) in [6.45, 7) is 0.543. The normalized spacial score (nSPS) is 25.5. The van der Waals surface area contributed by atoms with Gasteiger partial charge in [0.25, 0.3) is 0 Å². The summed E-state index contributed by atoms with van der Waals surface area (Å²) in [6.07, 6.45) is 2.08. The number of nitrogens with zero attached hydrogens (tertiary/aromatic N) is 1. The van der Waals surface area contributed by atoms with Crippen molar-refractivity contribution >= 4 is 17.9 Å². The fraction of sp³-hybridized carbons (Fsp3) is 0.286. The Balaban J connectivity index is 2.10. The summed E-state index contributed by atoms with van der Waals surface area (Å²) in [4.78, 5) is 25.0. The Kier molecular flexibility index (Phi) is 2.52. The second-order valence-corrected chi connectivity index (χ2v) is 4.50. The van der Waals surface area contributed by atoms with Crippen LogP contribution in [-0.4, -0.2) is 30.3 Å². The molecule has 2 aliphatic rings. The number of methoxy groups -OCH3 is 1. The zero-order valence-electron chi connectivity index (χ0n) is 10.00. The highest BCUT2D eigenvalue weighted by atomic mass is 16.5. The average molecular weight is 243 g/mol. The van der Waals surface area contributed by atoms with E-state index in [1.54, 1.807) is 4.90 Å². The van der Waals surface area contributed by atoms with Gasteiger partial charge in [-0.3, -0.25) is 4.79 Å². The molecule has 2 heterocycles. The van der Waals surface area contributed by atoms with Crippen LogP contribution in [-0.2, 0) is 20.9 Å². The molecule has 1 amide bonds. The number of hydrogen-bond acceptors (Lipinski definition) is 3. The molecule has 0 bridgehead atoms. The second-order valence-electron chi connectivity index (χ2n) is 4.50.